The molecular formula is C19H23FO2. The molecule has 0 saturated carbocycles. The Hall–Kier alpha value is -2.03. The molecule has 118 valence electrons. The van der Waals surface area contributed by atoms with Crippen LogP contribution in [-0.4, -0.2) is 11.5 Å². The van der Waals surface area contributed by atoms with Gasteiger partial charge in [0.15, 0.2) is 0 Å². The molecule has 1 N–H and O–H groups in total. The Kier molecular flexibility index (Phi) is 6.26. The third-order valence-corrected chi connectivity index (χ3v) is 3.60. The SMILES string of the molecule is CCCCCCC(F)Oc1ccccc1-c1ccc(O)cc1. The maximum Gasteiger partial charge on any atom is 0.238 e. The molecule has 0 saturated heterocycles. The molecule has 22 heavy (non-hydrogen) atoms. The monoisotopic (exact) mass is 302 g/mol. The molecule has 2 rings (SSSR count). The van der Waals surface area contributed by atoms with Gasteiger partial charge in [-0.2, -0.15) is 0 Å². The summed E-state index contributed by atoms with van der Waals surface area (Å²) < 4.78 is 19.5. The van der Waals surface area contributed by atoms with Gasteiger partial charge in [0.05, 0.1) is 0 Å². The van der Waals surface area contributed by atoms with Crippen LogP contribution in [0.25, 0.3) is 11.1 Å². The molecular weight excluding hydrogens is 279 g/mol. The number of para-hydroxylation sites is 1. The highest BCUT2D eigenvalue weighted by molar-refractivity contribution is 5.70. The molecule has 0 amide bonds. The number of alkyl halides is 1. The van der Waals surface area contributed by atoms with Crippen molar-refractivity contribution in [1.82, 2.24) is 0 Å². The van der Waals surface area contributed by atoms with Gasteiger partial charge in [-0.05, 0) is 30.2 Å². The number of benzene rings is 2. The summed E-state index contributed by atoms with van der Waals surface area (Å²) in [5.41, 5.74) is 1.73. The van der Waals surface area contributed by atoms with E-state index >= 15 is 0 Å². The second kappa shape index (κ2) is 8.42. The second-order valence-corrected chi connectivity index (χ2v) is 5.42. The highest BCUT2D eigenvalue weighted by Gasteiger charge is 2.12. The number of hydrogen-bond donors (Lipinski definition) is 1. The Morgan fingerprint density at radius 2 is 1.73 bits per heavy atom. The molecule has 3 heteroatoms. The van der Waals surface area contributed by atoms with Gasteiger partial charge in [-0.25, -0.2) is 4.39 Å². The van der Waals surface area contributed by atoms with E-state index in [0.29, 0.717) is 12.2 Å². The molecule has 1 atom stereocenters. The fraction of sp³-hybridized carbons (Fsp3) is 0.368. The smallest absolute Gasteiger partial charge is 0.238 e. The first-order valence-electron chi connectivity index (χ1n) is 7.90. The summed E-state index contributed by atoms with van der Waals surface area (Å²) in [5.74, 6) is 0.748. The zero-order valence-corrected chi connectivity index (χ0v) is 13.0. The molecule has 0 aliphatic carbocycles. The van der Waals surface area contributed by atoms with Crippen LogP contribution in [0.15, 0.2) is 48.5 Å². The van der Waals surface area contributed by atoms with Crippen molar-refractivity contribution < 1.29 is 14.2 Å². The van der Waals surface area contributed by atoms with E-state index < -0.39 is 6.36 Å². The van der Waals surface area contributed by atoms with E-state index in [9.17, 15) is 9.50 Å². The zero-order chi connectivity index (χ0) is 15.8. The Balaban J connectivity index is 2.03. The van der Waals surface area contributed by atoms with Gasteiger partial charge in [0, 0.05) is 12.0 Å². The average Bonchev–Trinajstić information content (AvgIpc) is 2.53. The summed E-state index contributed by atoms with van der Waals surface area (Å²) in [6, 6.07) is 14.2. The maximum atomic E-state index is 14.0. The van der Waals surface area contributed by atoms with Gasteiger partial charge in [0.25, 0.3) is 0 Å². The molecule has 2 nitrogen and oxygen atoms in total. The standard InChI is InChI=1S/C19H23FO2/c1-2-3-4-5-10-19(20)22-18-9-7-6-8-17(18)15-11-13-16(21)14-12-15/h6-9,11-14,19,21H,2-5,10H2,1H3. The fourth-order valence-corrected chi connectivity index (χ4v) is 2.38. The van der Waals surface area contributed by atoms with Crippen LogP contribution in [0.4, 0.5) is 4.39 Å². The lowest BCUT2D eigenvalue weighted by Gasteiger charge is -2.15. The third-order valence-electron chi connectivity index (χ3n) is 3.60. The summed E-state index contributed by atoms with van der Waals surface area (Å²) in [7, 11) is 0. The summed E-state index contributed by atoms with van der Waals surface area (Å²) in [6.07, 6.45) is 3.30. The topological polar surface area (TPSA) is 29.5 Å². The number of ether oxygens (including phenoxy) is 1. The number of hydrogen-bond acceptors (Lipinski definition) is 2. The highest BCUT2D eigenvalue weighted by atomic mass is 19.1. The van der Waals surface area contributed by atoms with Crippen LogP contribution < -0.4 is 4.74 Å². The molecule has 2 aromatic carbocycles. The number of phenolic OH excluding ortho intramolecular Hbond substituents is 1. The predicted octanol–water partition coefficient (Wildman–Crippen LogP) is 5.70. The van der Waals surface area contributed by atoms with E-state index in [1.807, 2.05) is 18.2 Å². The number of phenols is 1. The minimum Gasteiger partial charge on any atom is -0.508 e. The lowest BCUT2D eigenvalue weighted by atomic mass is 10.0. The average molecular weight is 302 g/mol. The summed E-state index contributed by atoms with van der Waals surface area (Å²) >= 11 is 0. The van der Waals surface area contributed by atoms with E-state index in [1.54, 1.807) is 30.3 Å². The molecule has 0 heterocycles. The Morgan fingerprint density at radius 1 is 1.00 bits per heavy atom. The molecule has 0 aliphatic heterocycles. The highest BCUT2D eigenvalue weighted by Crippen LogP contribution is 2.32. The van der Waals surface area contributed by atoms with Gasteiger partial charge < -0.3 is 9.84 Å². The van der Waals surface area contributed by atoms with Crippen molar-refractivity contribution in [2.75, 3.05) is 0 Å². The van der Waals surface area contributed by atoms with Crippen molar-refractivity contribution in [3.05, 3.63) is 48.5 Å². The van der Waals surface area contributed by atoms with Crippen molar-refractivity contribution in [3.63, 3.8) is 0 Å². The largest absolute Gasteiger partial charge is 0.508 e. The minimum absolute atomic E-state index is 0.210. The zero-order valence-electron chi connectivity index (χ0n) is 13.0. The van der Waals surface area contributed by atoms with E-state index in [-0.39, 0.29) is 5.75 Å². The second-order valence-electron chi connectivity index (χ2n) is 5.42. The molecule has 0 bridgehead atoms. The number of rotatable bonds is 8. The van der Waals surface area contributed by atoms with Crippen molar-refractivity contribution in [1.29, 1.82) is 0 Å². The molecule has 0 radical (unpaired) electrons. The summed E-state index contributed by atoms with van der Waals surface area (Å²) in [5, 5.41) is 9.37. The van der Waals surface area contributed by atoms with Crippen molar-refractivity contribution in [3.8, 4) is 22.6 Å². The number of halogens is 1. The molecule has 0 aliphatic rings. The van der Waals surface area contributed by atoms with Crippen molar-refractivity contribution in [2.45, 2.75) is 45.4 Å². The van der Waals surface area contributed by atoms with Gasteiger partial charge in [-0.1, -0.05) is 56.5 Å². The minimum atomic E-state index is -1.28. The predicted molar refractivity (Wildman–Crippen MR) is 87.8 cm³/mol. The van der Waals surface area contributed by atoms with Gasteiger partial charge in [-0.15, -0.1) is 0 Å². The van der Waals surface area contributed by atoms with E-state index in [2.05, 4.69) is 6.92 Å². The van der Waals surface area contributed by atoms with E-state index in [1.165, 1.54) is 0 Å². The number of unbranched alkanes of at least 4 members (excludes halogenated alkanes) is 3. The first kappa shape index (κ1) is 16.3. The maximum absolute atomic E-state index is 14.0. The molecule has 2 aromatic rings. The lowest BCUT2D eigenvalue weighted by molar-refractivity contribution is 0.0575. The Bertz CT molecular complexity index is 566. The quantitative estimate of drug-likeness (QED) is 0.633. The fourth-order valence-electron chi connectivity index (χ4n) is 2.38. The molecule has 0 fully saturated rings. The Morgan fingerprint density at radius 3 is 2.45 bits per heavy atom. The van der Waals surface area contributed by atoms with Gasteiger partial charge in [-0.3, -0.25) is 0 Å². The summed E-state index contributed by atoms with van der Waals surface area (Å²) in [4.78, 5) is 0. The van der Waals surface area contributed by atoms with Crippen LogP contribution >= 0.6 is 0 Å². The van der Waals surface area contributed by atoms with Gasteiger partial charge in [0.1, 0.15) is 11.5 Å². The van der Waals surface area contributed by atoms with Crippen molar-refractivity contribution >= 4 is 0 Å². The molecule has 0 aromatic heterocycles. The van der Waals surface area contributed by atoms with Gasteiger partial charge in [0.2, 0.25) is 6.36 Å². The van der Waals surface area contributed by atoms with Crippen LogP contribution in [0.1, 0.15) is 39.0 Å². The third kappa shape index (κ3) is 4.76. The lowest BCUT2D eigenvalue weighted by Crippen LogP contribution is -2.10. The van der Waals surface area contributed by atoms with Crippen LogP contribution in [0, 0.1) is 0 Å². The summed E-state index contributed by atoms with van der Waals surface area (Å²) in [6.45, 7) is 2.14. The first-order valence-corrected chi connectivity index (χ1v) is 7.90. The molecule has 1 unspecified atom stereocenters. The van der Waals surface area contributed by atoms with E-state index in [4.69, 9.17) is 4.74 Å². The van der Waals surface area contributed by atoms with Crippen LogP contribution in [-0.2, 0) is 0 Å². The normalized spacial score (nSPS) is 12.1. The molecule has 0 spiro atoms. The first-order chi connectivity index (χ1) is 10.7. The Labute approximate surface area is 131 Å². The van der Waals surface area contributed by atoms with Crippen LogP contribution in [0.3, 0.4) is 0 Å². The van der Waals surface area contributed by atoms with Crippen LogP contribution in [0.2, 0.25) is 0 Å². The van der Waals surface area contributed by atoms with Crippen molar-refractivity contribution in [2.24, 2.45) is 0 Å². The number of aromatic hydroxyl groups is 1. The van der Waals surface area contributed by atoms with E-state index in [0.717, 1.165) is 36.8 Å². The van der Waals surface area contributed by atoms with Gasteiger partial charge >= 0.3 is 0 Å². The van der Waals surface area contributed by atoms with Crippen LogP contribution in [0.5, 0.6) is 11.5 Å².